The summed E-state index contributed by atoms with van der Waals surface area (Å²) in [5.74, 6) is -0.463. The lowest BCUT2D eigenvalue weighted by Gasteiger charge is -2.37. The second-order valence-electron chi connectivity index (χ2n) is 7.28. The summed E-state index contributed by atoms with van der Waals surface area (Å²) in [6.07, 6.45) is 4.31. The van der Waals surface area contributed by atoms with Crippen LogP contribution in [-0.4, -0.2) is 43.0 Å². The van der Waals surface area contributed by atoms with E-state index in [0.717, 1.165) is 5.39 Å². The topological polar surface area (TPSA) is 137 Å². The lowest BCUT2D eigenvalue weighted by atomic mass is 9.87. The monoisotopic (exact) mass is 439 g/mol. The summed E-state index contributed by atoms with van der Waals surface area (Å²) in [6, 6.07) is 9.41. The zero-order chi connectivity index (χ0) is 22.0. The standard InChI is InChI=1S/C21H21N5O4S/c1-2-30-21(27)18-12-24-20-17(6-7-23-20)19(18)25-14-9-15(10-14)26-31(28,29)16-5-3-4-13(8-16)11-22/h3-8,12,14-15,26H,2,9-10H2,1H3,(H2,23,24,25)/t14-,15-. The molecule has 1 fully saturated rings. The van der Waals surface area contributed by atoms with Crippen LogP contribution in [-0.2, 0) is 14.8 Å². The van der Waals surface area contributed by atoms with Gasteiger partial charge in [0.1, 0.15) is 11.2 Å². The molecule has 0 radical (unpaired) electrons. The van der Waals surface area contributed by atoms with Crippen LogP contribution in [0.3, 0.4) is 0 Å². The summed E-state index contributed by atoms with van der Waals surface area (Å²) in [5, 5.41) is 13.1. The highest BCUT2D eigenvalue weighted by Gasteiger charge is 2.34. The highest BCUT2D eigenvalue weighted by Crippen LogP contribution is 2.32. The van der Waals surface area contributed by atoms with E-state index in [1.165, 1.54) is 18.3 Å². The molecule has 0 saturated heterocycles. The Kier molecular flexibility index (Phi) is 5.63. The summed E-state index contributed by atoms with van der Waals surface area (Å²) in [6.45, 7) is 1.99. The molecule has 0 amide bonds. The van der Waals surface area contributed by atoms with Gasteiger partial charge in [-0.2, -0.15) is 5.26 Å². The number of pyridine rings is 1. The minimum atomic E-state index is -3.72. The van der Waals surface area contributed by atoms with Gasteiger partial charge >= 0.3 is 5.97 Å². The predicted molar refractivity (Wildman–Crippen MR) is 114 cm³/mol. The maximum atomic E-state index is 12.6. The van der Waals surface area contributed by atoms with Gasteiger partial charge in [-0.1, -0.05) is 6.07 Å². The van der Waals surface area contributed by atoms with E-state index in [4.69, 9.17) is 10.00 Å². The molecule has 9 nitrogen and oxygen atoms in total. The van der Waals surface area contributed by atoms with Crippen molar-refractivity contribution < 1.29 is 17.9 Å². The van der Waals surface area contributed by atoms with Crippen LogP contribution in [0.4, 0.5) is 5.69 Å². The highest BCUT2D eigenvalue weighted by molar-refractivity contribution is 7.89. The summed E-state index contributed by atoms with van der Waals surface area (Å²) in [7, 11) is -3.72. The van der Waals surface area contributed by atoms with Gasteiger partial charge in [0.15, 0.2) is 0 Å². The number of nitriles is 1. The number of sulfonamides is 1. The molecule has 1 aliphatic rings. The van der Waals surface area contributed by atoms with Crippen LogP contribution in [0.5, 0.6) is 0 Å². The van der Waals surface area contributed by atoms with Gasteiger partial charge in [0.25, 0.3) is 0 Å². The van der Waals surface area contributed by atoms with E-state index in [1.54, 1.807) is 25.3 Å². The number of carbonyl (C=O) groups is 1. The summed E-state index contributed by atoms with van der Waals surface area (Å²) in [4.78, 5) is 19.7. The first kappa shape index (κ1) is 20.8. The van der Waals surface area contributed by atoms with Gasteiger partial charge in [-0.3, -0.25) is 0 Å². The Balaban J connectivity index is 1.46. The Labute approximate surface area is 179 Å². The maximum Gasteiger partial charge on any atom is 0.341 e. The third-order valence-electron chi connectivity index (χ3n) is 5.16. The second kappa shape index (κ2) is 8.37. The molecular formula is C21H21N5O4S. The van der Waals surface area contributed by atoms with E-state index >= 15 is 0 Å². The average molecular weight is 439 g/mol. The molecule has 3 aromatic rings. The molecule has 3 N–H and O–H groups in total. The van der Waals surface area contributed by atoms with Crippen molar-refractivity contribution >= 4 is 32.7 Å². The molecule has 2 heterocycles. The molecule has 160 valence electrons. The molecule has 0 spiro atoms. The quantitative estimate of drug-likeness (QED) is 0.481. The molecule has 0 aliphatic heterocycles. The van der Waals surface area contributed by atoms with Gasteiger partial charge < -0.3 is 15.0 Å². The van der Waals surface area contributed by atoms with Gasteiger partial charge in [0.2, 0.25) is 10.0 Å². The minimum absolute atomic E-state index is 0.0215. The fraction of sp³-hybridized carbons (Fsp3) is 0.286. The Morgan fingerprint density at radius 2 is 2.13 bits per heavy atom. The Morgan fingerprint density at radius 1 is 1.32 bits per heavy atom. The van der Waals surface area contributed by atoms with Crippen molar-refractivity contribution in [3.63, 3.8) is 0 Å². The number of benzene rings is 1. The molecule has 0 bridgehead atoms. The SMILES string of the molecule is CCOC(=O)c1cnc2[nH]ccc2c1N[C@H]1C[C@H](NS(=O)(=O)c2cccc(C#N)c2)C1. The first-order valence-electron chi connectivity index (χ1n) is 9.83. The van der Waals surface area contributed by atoms with Crippen molar-refractivity contribution in [1.82, 2.24) is 14.7 Å². The third-order valence-corrected chi connectivity index (χ3v) is 6.68. The molecule has 0 atom stereocenters. The number of nitrogens with zero attached hydrogens (tertiary/aromatic N) is 2. The summed E-state index contributed by atoms with van der Waals surface area (Å²) < 4.78 is 33.0. The maximum absolute atomic E-state index is 12.6. The molecule has 1 aliphatic carbocycles. The molecule has 0 unspecified atom stereocenters. The summed E-state index contributed by atoms with van der Waals surface area (Å²) in [5.41, 5.74) is 1.89. The number of esters is 1. The zero-order valence-corrected chi connectivity index (χ0v) is 17.6. The average Bonchev–Trinajstić information content (AvgIpc) is 3.21. The van der Waals surface area contributed by atoms with Crippen molar-refractivity contribution in [2.75, 3.05) is 11.9 Å². The van der Waals surface area contributed by atoms with Crippen LogP contribution < -0.4 is 10.0 Å². The van der Waals surface area contributed by atoms with E-state index in [2.05, 4.69) is 20.0 Å². The van der Waals surface area contributed by atoms with Crippen LogP contribution in [0.25, 0.3) is 11.0 Å². The molecule has 2 aromatic heterocycles. The van der Waals surface area contributed by atoms with E-state index in [9.17, 15) is 13.2 Å². The van der Waals surface area contributed by atoms with Crippen molar-refractivity contribution in [3.8, 4) is 6.07 Å². The fourth-order valence-corrected chi connectivity index (χ4v) is 4.89. The van der Waals surface area contributed by atoms with E-state index in [1.807, 2.05) is 12.1 Å². The van der Waals surface area contributed by atoms with Crippen LogP contribution in [0.15, 0.2) is 47.6 Å². The van der Waals surface area contributed by atoms with Gasteiger partial charge in [-0.15, -0.1) is 0 Å². The van der Waals surface area contributed by atoms with Crippen molar-refractivity contribution in [2.45, 2.75) is 36.7 Å². The van der Waals surface area contributed by atoms with Gasteiger partial charge in [-0.25, -0.2) is 22.9 Å². The highest BCUT2D eigenvalue weighted by atomic mass is 32.2. The largest absolute Gasteiger partial charge is 0.462 e. The number of hydrogen-bond donors (Lipinski definition) is 3. The number of hydrogen-bond acceptors (Lipinski definition) is 7. The Bertz CT molecular complexity index is 1270. The molecule has 1 saturated carbocycles. The lowest BCUT2D eigenvalue weighted by molar-refractivity contribution is 0.0527. The number of fused-ring (bicyclic) bond motifs is 1. The first-order chi connectivity index (χ1) is 14.9. The minimum Gasteiger partial charge on any atom is -0.462 e. The number of nitrogens with one attached hydrogen (secondary N) is 3. The molecule has 4 rings (SSSR count). The fourth-order valence-electron chi connectivity index (χ4n) is 3.58. The van der Waals surface area contributed by atoms with Crippen molar-refractivity contribution in [3.05, 3.63) is 53.9 Å². The van der Waals surface area contributed by atoms with Gasteiger partial charge in [0.05, 0.1) is 28.8 Å². The predicted octanol–water partition coefficient (Wildman–Crippen LogP) is 2.53. The number of aromatic nitrogens is 2. The van der Waals surface area contributed by atoms with E-state index in [0.29, 0.717) is 29.7 Å². The van der Waals surface area contributed by atoms with Crippen molar-refractivity contribution in [2.24, 2.45) is 0 Å². The number of H-pyrrole nitrogens is 1. The zero-order valence-electron chi connectivity index (χ0n) is 16.8. The number of carbonyl (C=O) groups excluding carboxylic acids is 1. The number of ether oxygens (including phenoxy) is 1. The molecule has 31 heavy (non-hydrogen) atoms. The second-order valence-corrected chi connectivity index (χ2v) is 8.99. The lowest BCUT2D eigenvalue weighted by Crippen LogP contribution is -2.49. The summed E-state index contributed by atoms with van der Waals surface area (Å²) >= 11 is 0. The van der Waals surface area contributed by atoms with Crippen LogP contribution in [0, 0.1) is 11.3 Å². The van der Waals surface area contributed by atoms with E-state index < -0.39 is 16.0 Å². The Hall–Kier alpha value is -3.42. The van der Waals surface area contributed by atoms with Gasteiger partial charge in [0, 0.05) is 29.9 Å². The third kappa shape index (κ3) is 4.23. The number of aromatic amines is 1. The molecular weight excluding hydrogens is 418 g/mol. The first-order valence-corrected chi connectivity index (χ1v) is 11.3. The van der Waals surface area contributed by atoms with Crippen molar-refractivity contribution in [1.29, 1.82) is 5.26 Å². The van der Waals surface area contributed by atoms with Gasteiger partial charge in [-0.05, 0) is 44.0 Å². The number of anilines is 1. The van der Waals surface area contributed by atoms with Crippen LogP contribution in [0.2, 0.25) is 0 Å². The Morgan fingerprint density at radius 3 is 2.87 bits per heavy atom. The molecule has 10 heteroatoms. The van der Waals surface area contributed by atoms with E-state index in [-0.39, 0.29) is 29.1 Å². The van der Waals surface area contributed by atoms with Crippen LogP contribution >= 0.6 is 0 Å². The molecule has 1 aromatic carbocycles. The smallest absolute Gasteiger partial charge is 0.341 e. The normalized spacial score (nSPS) is 18.2. The number of rotatable bonds is 7. The van der Waals surface area contributed by atoms with Crippen LogP contribution in [0.1, 0.15) is 35.7 Å².